The van der Waals surface area contributed by atoms with Gasteiger partial charge in [-0.05, 0) is 50.3 Å². The van der Waals surface area contributed by atoms with Crippen LogP contribution >= 0.6 is 0 Å². The van der Waals surface area contributed by atoms with Crippen molar-refractivity contribution < 1.29 is 14.2 Å². The summed E-state index contributed by atoms with van der Waals surface area (Å²) in [5.74, 6) is -0.314. The molecule has 0 aliphatic heterocycles. The molecule has 1 aliphatic rings. The van der Waals surface area contributed by atoms with Crippen LogP contribution in [0.3, 0.4) is 0 Å². The Labute approximate surface area is 108 Å². The maximum Gasteiger partial charge on any atom is 0.129 e. The summed E-state index contributed by atoms with van der Waals surface area (Å²) in [4.78, 5) is 0. The highest BCUT2D eigenvalue weighted by Gasteiger charge is 2.39. The highest BCUT2D eigenvalue weighted by atomic mass is 19.1. The zero-order chi connectivity index (χ0) is 13.3. The van der Waals surface area contributed by atoms with Crippen molar-refractivity contribution in [3.8, 4) is 0 Å². The van der Waals surface area contributed by atoms with Crippen molar-refractivity contribution in [2.24, 2.45) is 0 Å². The van der Waals surface area contributed by atoms with Crippen LogP contribution in [-0.4, -0.2) is 17.8 Å². The largest absolute Gasteiger partial charge is 0.388 e. The first kappa shape index (κ1) is 13.5. The average molecular weight is 252 g/mol. The number of rotatable bonds is 4. The van der Waals surface area contributed by atoms with Crippen LogP contribution in [0.5, 0.6) is 0 Å². The molecule has 1 unspecified atom stereocenters. The van der Waals surface area contributed by atoms with Gasteiger partial charge in [-0.3, -0.25) is 0 Å². The lowest BCUT2D eigenvalue weighted by Gasteiger charge is -2.42. The normalized spacial score (nSPS) is 19.4. The number of hydrogen-bond acceptors (Lipinski definition) is 2. The second kappa shape index (κ2) is 4.98. The number of hydrogen-bond donors (Lipinski definition) is 1. The molecule has 1 aromatic carbocycles. The number of aliphatic hydroxyl groups is 1. The molecule has 1 aliphatic carbocycles. The first-order chi connectivity index (χ1) is 8.47. The van der Waals surface area contributed by atoms with Gasteiger partial charge in [0.1, 0.15) is 5.82 Å². The van der Waals surface area contributed by atoms with Crippen LogP contribution in [0.1, 0.15) is 48.5 Å². The maximum absolute atomic E-state index is 14.0. The smallest absolute Gasteiger partial charge is 0.129 e. The van der Waals surface area contributed by atoms with Crippen molar-refractivity contribution in [2.45, 2.75) is 51.2 Å². The van der Waals surface area contributed by atoms with E-state index in [1.807, 2.05) is 19.9 Å². The molecule has 3 heteroatoms. The Balaban J connectivity index is 2.21. The summed E-state index contributed by atoms with van der Waals surface area (Å²) >= 11 is 0. The molecule has 0 spiro atoms. The summed E-state index contributed by atoms with van der Waals surface area (Å²) in [7, 11) is 1.67. The zero-order valence-corrected chi connectivity index (χ0v) is 11.3. The Morgan fingerprint density at radius 1 is 1.39 bits per heavy atom. The third-order valence-electron chi connectivity index (χ3n) is 4.08. The second-order valence-corrected chi connectivity index (χ2v) is 5.44. The van der Waals surface area contributed by atoms with Gasteiger partial charge in [0.05, 0.1) is 11.7 Å². The van der Waals surface area contributed by atoms with Crippen LogP contribution in [0.4, 0.5) is 4.39 Å². The van der Waals surface area contributed by atoms with Crippen molar-refractivity contribution in [1.29, 1.82) is 0 Å². The molecule has 0 heterocycles. The van der Waals surface area contributed by atoms with Crippen LogP contribution in [0.15, 0.2) is 12.1 Å². The summed E-state index contributed by atoms with van der Waals surface area (Å²) in [5, 5.41) is 10.3. The van der Waals surface area contributed by atoms with Crippen molar-refractivity contribution in [1.82, 2.24) is 0 Å². The van der Waals surface area contributed by atoms with Crippen LogP contribution in [0, 0.1) is 19.7 Å². The van der Waals surface area contributed by atoms with Crippen LogP contribution < -0.4 is 0 Å². The van der Waals surface area contributed by atoms with E-state index in [1.54, 1.807) is 7.11 Å². The van der Waals surface area contributed by atoms with Crippen molar-refractivity contribution in [3.05, 3.63) is 34.6 Å². The third kappa shape index (κ3) is 2.43. The highest BCUT2D eigenvalue weighted by molar-refractivity contribution is 5.33. The second-order valence-electron chi connectivity index (χ2n) is 5.44. The maximum atomic E-state index is 14.0. The summed E-state index contributed by atoms with van der Waals surface area (Å²) in [5.41, 5.74) is 1.86. The Kier molecular flexibility index (Phi) is 3.74. The summed E-state index contributed by atoms with van der Waals surface area (Å²) in [6.45, 7) is 3.70. The molecule has 1 aromatic rings. The number of benzene rings is 1. The fourth-order valence-corrected chi connectivity index (χ4v) is 2.87. The highest BCUT2D eigenvalue weighted by Crippen LogP contribution is 2.42. The van der Waals surface area contributed by atoms with Gasteiger partial charge < -0.3 is 9.84 Å². The molecule has 0 radical (unpaired) electrons. The molecule has 1 fully saturated rings. The summed E-state index contributed by atoms with van der Waals surface area (Å²) in [6.07, 6.45) is 2.71. The monoisotopic (exact) mass is 252 g/mol. The first-order valence-corrected chi connectivity index (χ1v) is 6.47. The quantitative estimate of drug-likeness (QED) is 0.889. The SMILES string of the molecule is COC1(CC(O)c2c(C)cc(C)cc2F)CCC1. The predicted octanol–water partition coefficient (Wildman–Crippen LogP) is 3.44. The van der Waals surface area contributed by atoms with E-state index in [4.69, 9.17) is 4.74 Å². The van der Waals surface area contributed by atoms with Gasteiger partial charge in [-0.15, -0.1) is 0 Å². The lowest BCUT2D eigenvalue weighted by Crippen LogP contribution is -2.40. The number of ether oxygens (including phenoxy) is 1. The molecule has 100 valence electrons. The van der Waals surface area contributed by atoms with Gasteiger partial charge in [0.2, 0.25) is 0 Å². The molecule has 1 N–H and O–H groups in total. The fraction of sp³-hybridized carbons (Fsp3) is 0.600. The molecule has 18 heavy (non-hydrogen) atoms. The van der Waals surface area contributed by atoms with Gasteiger partial charge in [-0.2, -0.15) is 0 Å². The molecular weight excluding hydrogens is 231 g/mol. The molecule has 0 saturated heterocycles. The minimum Gasteiger partial charge on any atom is -0.388 e. The zero-order valence-electron chi connectivity index (χ0n) is 11.3. The van der Waals surface area contributed by atoms with Crippen LogP contribution in [0.25, 0.3) is 0 Å². The first-order valence-electron chi connectivity index (χ1n) is 6.47. The van der Waals surface area contributed by atoms with Crippen LogP contribution in [0.2, 0.25) is 0 Å². The van der Waals surface area contributed by atoms with Crippen molar-refractivity contribution in [2.75, 3.05) is 7.11 Å². The minimum absolute atomic E-state index is 0.247. The lowest BCUT2D eigenvalue weighted by molar-refractivity contribution is -0.100. The standard InChI is InChI=1S/C15H21FO2/c1-10-7-11(2)14(12(16)8-10)13(17)9-15(18-3)5-4-6-15/h7-8,13,17H,4-6,9H2,1-3H3. The molecule has 0 bridgehead atoms. The number of halogens is 1. The van der Waals surface area contributed by atoms with E-state index in [1.165, 1.54) is 6.07 Å². The topological polar surface area (TPSA) is 29.5 Å². The molecule has 1 atom stereocenters. The van der Waals surface area contributed by atoms with E-state index in [2.05, 4.69) is 0 Å². The van der Waals surface area contributed by atoms with Gasteiger partial charge in [-0.25, -0.2) is 4.39 Å². The van der Waals surface area contributed by atoms with E-state index < -0.39 is 6.10 Å². The fourth-order valence-electron chi connectivity index (χ4n) is 2.87. The van der Waals surface area contributed by atoms with Crippen molar-refractivity contribution in [3.63, 3.8) is 0 Å². The van der Waals surface area contributed by atoms with Gasteiger partial charge in [0, 0.05) is 19.1 Å². The number of aryl methyl sites for hydroxylation is 2. The van der Waals surface area contributed by atoms with Gasteiger partial charge >= 0.3 is 0 Å². The average Bonchev–Trinajstić information content (AvgIpc) is 2.21. The Hall–Kier alpha value is -0.930. The number of methoxy groups -OCH3 is 1. The molecular formula is C15H21FO2. The summed E-state index contributed by atoms with van der Waals surface area (Å²) < 4.78 is 19.4. The Morgan fingerprint density at radius 2 is 2.06 bits per heavy atom. The van der Waals surface area contributed by atoms with E-state index in [0.717, 1.165) is 30.4 Å². The van der Waals surface area contributed by atoms with Gasteiger partial charge in [-0.1, -0.05) is 6.07 Å². The Bertz CT molecular complexity index is 410. The summed E-state index contributed by atoms with van der Waals surface area (Å²) in [6, 6.07) is 3.38. The molecule has 0 aromatic heterocycles. The third-order valence-corrected chi connectivity index (χ3v) is 4.08. The van der Waals surface area contributed by atoms with Crippen LogP contribution in [-0.2, 0) is 4.74 Å². The van der Waals surface area contributed by atoms with E-state index >= 15 is 0 Å². The van der Waals surface area contributed by atoms with Gasteiger partial charge in [0.25, 0.3) is 0 Å². The Morgan fingerprint density at radius 3 is 2.50 bits per heavy atom. The van der Waals surface area contributed by atoms with E-state index in [0.29, 0.717) is 12.0 Å². The van der Waals surface area contributed by atoms with E-state index in [-0.39, 0.29) is 11.4 Å². The lowest BCUT2D eigenvalue weighted by atomic mass is 9.75. The predicted molar refractivity (Wildman–Crippen MR) is 69.0 cm³/mol. The minimum atomic E-state index is -0.786. The molecule has 2 rings (SSSR count). The molecule has 2 nitrogen and oxygen atoms in total. The number of aliphatic hydroxyl groups excluding tert-OH is 1. The van der Waals surface area contributed by atoms with E-state index in [9.17, 15) is 9.50 Å². The molecule has 0 amide bonds. The van der Waals surface area contributed by atoms with Crippen molar-refractivity contribution >= 4 is 0 Å². The molecule has 1 saturated carbocycles. The van der Waals surface area contributed by atoms with Gasteiger partial charge in [0.15, 0.2) is 0 Å².